The Morgan fingerprint density at radius 2 is 1.87 bits per heavy atom. The van der Waals surface area contributed by atoms with Crippen LogP contribution in [0.4, 0.5) is 0 Å². The topological polar surface area (TPSA) is 79.6 Å². The number of imidazole rings is 1. The third-order valence-corrected chi connectivity index (χ3v) is 7.96. The standard InChI is InChI=1S/C31H40N4O3.ClH/c1-2-19-38-22-31(37)16-10-9-15-27(31)35-23-33-28(29(35)25-13-7-4-8-14-25)30(36)34-18-17-32-21-26(34)20-24-11-5-3-6-12-24;/h3-8,11-14,23,26-27,32,37H,2,9-10,15-22H2,1H3;1H/t26-,27?,31?;/m1./s1. The highest BCUT2D eigenvalue weighted by Crippen LogP contribution is 2.41. The average Bonchev–Trinajstić information content (AvgIpc) is 3.39. The summed E-state index contributed by atoms with van der Waals surface area (Å²) in [5.41, 5.74) is 2.40. The summed E-state index contributed by atoms with van der Waals surface area (Å²) < 4.78 is 7.94. The fourth-order valence-electron chi connectivity index (χ4n) is 6.03. The van der Waals surface area contributed by atoms with Crippen LogP contribution in [0, 0.1) is 0 Å². The number of ether oxygens (including phenoxy) is 1. The van der Waals surface area contributed by atoms with Gasteiger partial charge in [0.1, 0.15) is 5.60 Å². The van der Waals surface area contributed by atoms with Crippen LogP contribution in [0.15, 0.2) is 67.0 Å². The van der Waals surface area contributed by atoms with E-state index in [4.69, 9.17) is 9.72 Å². The van der Waals surface area contributed by atoms with Crippen molar-refractivity contribution in [3.8, 4) is 11.3 Å². The summed E-state index contributed by atoms with van der Waals surface area (Å²) >= 11 is 0. The van der Waals surface area contributed by atoms with Crippen molar-refractivity contribution in [2.45, 2.75) is 63.1 Å². The van der Waals surface area contributed by atoms with Gasteiger partial charge < -0.3 is 24.6 Å². The van der Waals surface area contributed by atoms with Gasteiger partial charge in [-0.3, -0.25) is 4.79 Å². The Morgan fingerprint density at radius 3 is 2.62 bits per heavy atom. The zero-order chi connectivity index (χ0) is 26.4. The van der Waals surface area contributed by atoms with E-state index in [9.17, 15) is 9.90 Å². The van der Waals surface area contributed by atoms with Crippen LogP contribution < -0.4 is 5.32 Å². The zero-order valence-corrected chi connectivity index (χ0v) is 23.6. The number of aliphatic hydroxyl groups is 1. The Hall–Kier alpha value is -2.71. The van der Waals surface area contributed by atoms with E-state index < -0.39 is 5.60 Å². The Morgan fingerprint density at radius 1 is 1.13 bits per heavy atom. The second-order valence-electron chi connectivity index (χ2n) is 10.7. The summed E-state index contributed by atoms with van der Waals surface area (Å²) in [4.78, 5) is 20.9. The lowest BCUT2D eigenvalue weighted by molar-refractivity contribution is -0.0990. The van der Waals surface area contributed by atoms with Gasteiger partial charge in [-0.15, -0.1) is 12.4 Å². The van der Waals surface area contributed by atoms with Crippen molar-refractivity contribution >= 4 is 18.3 Å². The lowest BCUT2D eigenvalue weighted by Gasteiger charge is -2.41. The number of carbonyl (C=O) groups excluding carboxylic acids is 1. The molecule has 2 aromatic carbocycles. The Kier molecular flexibility index (Phi) is 10.2. The number of carbonyl (C=O) groups is 1. The van der Waals surface area contributed by atoms with E-state index in [-0.39, 0.29) is 37.0 Å². The molecule has 7 nitrogen and oxygen atoms in total. The van der Waals surface area contributed by atoms with E-state index in [2.05, 4.69) is 28.9 Å². The van der Waals surface area contributed by atoms with Gasteiger partial charge in [0.25, 0.3) is 5.91 Å². The molecule has 2 aliphatic rings. The van der Waals surface area contributed by atoms with E-state index in [1.807, 2.05) is 53.4 Å². The van der Waals surface area contributed by atoms with Crippen LogP contribution in [-0.2, 0) is 11.2 Å². The van der Waals surface area contributed by atoms with Crippen molar-refractivity contribution in [2.75, 3.05) is 32.8 Å². The summed E-state index contributed by atoms with van der Waals surface area (Å²) in [6, 6.07) is 20.2. The summed E-state index contributed by atoms with van der Waals surface area (Å²) in [5.74, 6) is -0.0494. The minimum atomic E-state index is -0.997. The van der Waals surface area contributed by atoms with Crippen LogP contribution in [0.1, 0.15) is 61.1 Å². The van der Waals surface area contributed by atoms with Crippen molar-refractivity contribution in [1.82, 2.24) is 19.8 Å². The highest BCUT2D eigenvalue weighted by molar-refractivity contribution is 5.98. The van der Waals surface area contributed by atoms with Gasteiger partial charge in [0.05, 0.1) is 24.7 Å². The Labute approximate surface area is 238 Å². The number of piperazine rings is 1. The van der Waals surface area contributed by atoms with E-state index in [1.54, 1.807) is 6.33 Å². The van der Waals surface area contributed by atoms with Crippen LogP contribution >= 0.6 is 12.4 Å². The van der Waals surface area contributed by atoms with E-state index in [1.165, 1.54) is 5.56 Å². The fraction of sp³-hybridized carbons (Fsp3) is 0.484. The summed E-state index contributed by atoms with van der Waals surface area (Å²) in [6.07, 6.45) is 6.95. The normalized spacial score (nSPS) is 23.3. The second kappa shape index (κ2) is 13.6. The number of amides is 1. The van der Waals surface area contributed by atoms with Gasteiger partial charge in [0.2, 0.25) is 0 Å². The molecule has 39 heavy (non-hydrogen) atoms. The SMILES string of the molecule is CCCOCC1(O)CCCCC1n1cnc(C(=O)N2CCNC[C@H]2Cc2ccccc2)c1-c1ccccc1.Cl. The number of halogens is 1. The Bertz CT molecular complexity index is 1190. The summed E-state index contributed by atoms with van der Waals surface area (Å²) in [7, 11) is 0. The second-order valence-corrected chi connectivity index (χ2v) is 10.7. The van der Waals surface area contributed by atoms with Gasteiger partial charge in [-0.2, -0.15) is 0 Å². The molecule has 2 N–H and O–H groups in total. The number of nitrogens with one attached hydrogen (secondary N) is 1. The third-order valence-electron chi connectivity index (χ3n) is 7.96. The van der Waals surface area contributed by atoms with Crippen LogP contribution in [0.5, 0.6) is 0 Å². The largest absolute Gasteiger partial charge is 0.385 e. The van der Waals surface area contributed by atoms with Crippen molar-refractivity contribution < 1.29 is 14.6 Å². The minimum Gasteiger partial charge on any atom is -0.385 e. The molecule has 0 radical (unpaired) electrons. The predicted molar refractivity (Wildman–Crippen MR) is 156 cm³/mol. The minimum absolute atomic E-state index is 0. The maximum atomic E-state index is 14.2. The number of aromatic nitrogens is 2. The molecule has 3 atom stereocenters. The first kappa shape index (κ1) is 29.3. The van der Waals surface area contributed by atoms with Crippen LogP contribution in [0.3, 0.4) is 0 Å². The first-order valence-corrected chi connectivity index (χ1v) is 14.1. The molecule has 5 rings (SSSR count). The molecule has 210 valence electrons. The summed E-state index contributed by atoms with van der Waals surface area (Å²) in [5, 5.41) is 15.3. The van der Waals surface area contributed by atoms with Crippen LogP contribution in [0.2, 0.25) is 0 Å². The molecule has 0 bridgehead atoms. The molecule has 1 aromatic heterocycles. The van der Waals surface area contributed by atoms with Crippen molar-refractivity contribution in [3.63, 3.8) is 0 Å². The van der Waals surface area contributed by atoms with Gasteiger partial charge in [0, 0.05) is 37.8 Å². The lowest BCUT2D eigenvalue weighted by atomic mass is 9.80. The predicted octanol–water partition coefficient (Wildman–Crippen LogP) is 4.90. The van der Waals surface area contributed by atoms with Gasteiger partial charge in [-0.25, -0.2) is 4.98 Å². The third kappa shape index (κ3) is 6.55. The van der Waals surface area contributed by atoms with Gasteiger partial charge in [0.15, 0.2) is 5.69 Å². The number of hydrogen-bond acceptors (Lipinski definition) is 5. The zero-order valence-electron chi connectivity index (χ0n) is 22.8. The highest BCUT2D eigenvalue weighted by atomic mass is 35.5. The lowest BCUT2D eigenvalue weighted by Crippen LogP contribution is -2.54. The van der Waals surface area contributed by atoms with Gasteiger partial charge in [-0.05, 0) is 31.2 Å². The highest BCUT2D eigenvalue weighted by Gasteiger charge is 2.42. The molecule has 1 amide bonds. The quantitative estimate of drug-likeness (QED) is 0.369. The van der Waals surface area contributed by atoms with Crippen molar-refractivity contribution in [1.29, 1.82) is 0 Å². The first-order valence-electron chi connectivity index (χ1n) is 14.1. The number of rotatable bonds is 9. The fourth-order valence-corrected chi connectivity index (χ4v) is 6.03. The molecular weight excluding hydrogens is 512 g/mol. The van der Waals surface area contributed by atoms with Crippen molar-refractivity contribution in [3.05, 3.63) is 78.2 Å². The van der Waals surface area contributed by atoms with Crippen molar-refractivity contribution in [2.24, 2.45) is 0 Å². The molecule has 0 spiro atoms. The molecule has 1 saturated heterocycles. The van der Waals surface area contributed by atoms with E-state index >= 15 is 0 Å². The Balaban J connectivity index is 0.00000353. The number of hydrogen-bond donors (Lipinski definition) is 2. The molecule has 2 heterocycles. The van der Waals surface area contributed by atoms with Gasteiger partial charge in [-0.1, -0.05) is 80.4 Å². The molecule has 1 aliphatic carbocycles. The number of nitrogens with zero attached hydrogens (tertiary/aromatic N) is 3. The molecule has 2 fully saturated rings. The maximum Gasteiger partial charge on any atom is 0.275 e. The van der Waals surface area contributed by atoms with E-state index in [0.29, 0.717) is 25.3 Å². The van der Waals surface area contributed by atoms with E-state index in [0.717, 1.165) is 56.5 Å². The molecule has 1 aliphatic heterocycles. The first-order chi connectivity index (χ1) is 18.6. The van der Waals surface area contributed by atoms with Crippen LogP contribution in [-0.4, -0.2) is 70.0 Å². The average molecular weight is 553 g/mol. The monoisotopic (exact) mass is 552 g/mol. The number of benzene rings is 2. The summed E-state index contributed by atoms with van der Waals surface area (Å²) in [6.45, 7) is 5.13. The van der Waals surface area contributed by atoms with Gasteiger partial charge >= 0.3 is 0 Å². The molecule has 2 unspecified atom stereocenters. The molecule has 1 saturated carbocycles. The van der Waals surface area contributed by atoms with Crippen LogP contribution in [0.25, 0.3) is 11.3 Å². The molecular formula is C31H41ClN4O3. The molecule has 8 heteroatoms. The molecule has 3 aromatic rings. The smallest absolute Gasteiger partial charge is 0.275 e. The maximum absolute atomic E-state index is 14.2.